The standard InChI is InChI=1S/C10H13N3/c1-7-5-13-6-9(4-11)3-10(13)8(2)12-7/h3,5-6H,4,11H2,1-2H3. The Kier molecular flexibility index (Phi) is 1.81. The normalized spacial score (nSPS) is 11.0. The Bertz CT molecular complexity index is 443. The van der Waals surface area contributed by atoms with Crippen LogP contribution in [0.3, 0.4) is 0 Å². The lowest BCUT2D eigenvalue weighted by atomic mass is 10.3. The molecule has 2 aromatic rings. The molecule has 0 radical (unpaired) electrons. The lowest BCUT2D eigenvalue weighted by Gasteiger charge is -1.99. The Balaban J connectivity index is 2.75. The van der Waals surface area contributed by atoms with Gasteiger partial charge in [0.15, 0.2) is 0 Å². The maximum absolute atomic E-state index is 5.57. The van der Waals surface area contributed by atoms with Gasteiger partial charge < -0.3 is 10.1 Å². The van der Waals surface area contributed by atoms with Crippen LogP contribution >= 0.6 is 0 Å². The molecule has 0 amide bonds. The third kappa shape index (κ3) is 1.31. The summed E-state index contributed by atoms with van der Waals surface area (Å²) in [5, 5.41) is 0. The molecule has 3 nitrogen and oxygen atoms in total. The van der Waals surface area contributed by atoms with Crippen LogP contribution in [0.4, 0.5) is 0 Å². The highest BCUT2D eigenvalue weighted by Gasteiger charge is 2.02. The first-order valence-corrected chi connectivity index (χ1v) is 4.35. The average molecular weight is 175 g/mol. The molecule has 0 saturated heterocycles. The molecule has 0 aliphatic carbocycles. The lowest BCUT2D eigenvalue weighted by molar-refractivity contribution is 1.02. The third-order valence-electron chi connectivity index (χ3n) is 2.18. The Morgan fingerprint density at radius 1 is 1.38 bits per heavy atom. The number of aryl methyl sites for hydroxylation is 2. The van der Waals surface area contributed by atoms with Crippen molar-refractivity contribution < 1.29 is 0 Å². The van der Waals surface area contributed by atoms with Gasteiger partial charge in [-0.3, -0.25) is 4.98 Å². The highest BCUT2D eigenvalue weighted by molar-refractivity contribution is 5.54. The van der Waals surface area contributed by atoms with Crippen LogP contribution in [0.2, 0.25) is 0 Å². The van der Waals surface area contributed by atoms with E-state index < -0.39 is 0 Å². The summed E-state index contributed by atoms with van der Waals surface area (Å²) in [7, 11) is 0. The SMILES string of the molecule is Cc1cn2cc(CN)cc2c(C)n1. The summed E-state index contributed by atoms with van der Waals surface area (Å²) in [5.74, 6) is 0. The summed E-state index contributed by atoms with van der Waals surface area (Å²) in [4.78, 5) is 4.39. The predicted molar refractivity (Wildman–Crippen MR) is 52.6 cm³/mol. The van der Waals surface area contributed by atoms with E-state index in [2.05, 4.69) is 21.6 Å². The quantitative estimate of drug-likeness (QED) is 0.712. The van der Waals surface area contributed by atoms with Gasteiger partial charge in [0.25, 0.3) is 0 Å². The molecule has 2 heterocycles. The van der Waals surface area contributed by atoms with Crippen molar-refractivity contribution in [1.82, 2.24) is 9.38 Å². The first-order chi connectivity index (χ1) is 6.20. The molecule has 0 spiro atoms. The summed E-state index contributed by atoms with van der Waals surface area (Å²) in [6.07, 6.45) is 4.07. The fourth-order valence-corrected chi connectivity index (χ4v) is 1.60. The Morgan fingerprint density at radius 3 is 2.85 bits per heavy atom. The van der Waals surface area contributed by atoms with Gasteiger partial charge >= 0.3 is 0 Å². The number of nitrogens with zero attached hydrogens (tertiary/aromatic N) is 2. The minimum absolute atomic E-state index is 0.583. The van der Waals surface area contributed by atoms with Gasteiger partial charge in [-0.15, -0.1) is 0 Å². The fraction of sp³-hybridized carbons (Fsp3) is 0.300. The molecule has 0 bridgehead atoms. The van der Waals surface area contributed by atoms with E-state index >= 15 is 0 Å². The summed E-state index contributed by atoms with van der Waals surface area (Å²) in [6, 6.07) is 2.09. The number of fused-ring (bicyclic) bond motifs is 1. The monoisotopic (exact) mass is 175 g/mol. The molecule has 2 rings (SSSR count). The number of nitrogens with two attached hydrogens (primary N) is 1. The molecule has 3 heteroatoms. The van der Waals surface area contributed by atoms with E-state index in [-0.39, 0.29) is 0 Å². The molecule has 2 aromatic heterocycles. The third-order valence-corrected chi connectivity index (χ3v) is 2.18. The molecule has 0 saturated carbocycles. The molecular weight excluding hydrogens is 162 g/mol. The predicted octanol–water partition coefficient (Wildman–Crippen LogP) is 1.41. The zero-order valence-corrected chi connectivity index (χ0v) is 7.91. The van der Waals surface area contributed by atoms with Crippen LogP contribution in [0.1, 0.15) is 17.0 Å². The average Bonchev–Trinajstić information content (AvgIpc) is 2.47. The van der Waals surface area contributed by atoms with Crippen LogP contribution in [-0.4, -0.2) is 9.38 Å². The van der Waals surface area contributed by atoms with Gasteiger partial charge in [-0.2, -0.15) is 0 Å². The molecular formula is C10H13N3. The Labute approximate surface area is 77.2 Å². The van der Waals surface area contributed by atoms with Crippen LogP contribution in [0.25, 0.3) is 5.52 Å². The van der Waals surface area contributed by atoms with Crippen molar-refractivity contribution in [3.63, 3.8) is 0 Å². The molecule has 0 atom stereocenters. The summed E-state index contributed by atoms with van der Waals surface area (Å²) < 4.78 is 2.08. The zero-order chi connectivity index (χ0) is 9.42. The van der Waals surface area contributed by atoms with Crippen molar-refractivity contribution >= 4 is 5.52 Å². The smallest absolute Gasteiger partial charge is 0.0667 e. The second-order valence-electron chi connectivity index (χ2n) is 3.31. The first-order valence-electron chi connectivity index (χ1n) is 4.35. The van der Waals surface area contributed by atoms with E-state index in [9.17, 15) is 0 Å². The number of rotatable bonds is 1. The molecule has 13 heavy (non-hydrogen) atoms. The van der Waals surface area contributed by atoms with E-state index in [1.54, 1.807) is 0 Å². The molecule has 0 fully saturated rings. The number of hydrogen-bond acceptors (Lipinski definition) is 2. The van der Waals surface area contributed by atoms with E-state index in [4.69, 9.17) is 5.73 Å². The topological polar surface area (TPSA) is 43.3 Å². The van der Waals surface area contributed by atoms with Gasteiger partial charge in [0.1, 0.15) is 0 Å². The van der Waals surface area contributed by atoms with E-state index in [1.807, 2.05) is 20.0 Å². The van der Waals surface area contributed by atoms with Crippen LogP contribution in [0, 0.1) is 13.8 Å². The number of aromatic nitrogens is 2. The summed E-state index contributed by atoms with van der Waals surface area (Å²) in [6.45, 7) is 4.59. The van der Waals surface area contributed by atoms with E-state index in [0.717, 1.165) is 22.5 Å². The molecule has 0 aliphatic heterocycles. The largest absolute Gasteiger partial charge is 0.326 e. The lowest BCUT2D eigenvalue weighted by Crippen LogP contribution is -1.93. The van der Waals surface area contributed by atoms with Crippen LogP contribution in [0.15, 0.2) is 18.5 Å². The van der Waals surface area contributed by atoms with Gasteiger partial charge in [0.2, 0.25) is 0 Å². The molecule has 0 aliphatic rings. The Morgan fingerprint density at radius 2 is 2.15 bits per heavy atom. The molecule has 2 N–H and O–H groups in total. The van der Waals surface area contributed by atoms with Gasteiger partial charge in [-0.05, 0) is 25.5 Å². The van der Waals surface area contributed by atoms with Gasteiger partial charge in [0, 0.05) is 18.9 Å². The second-order valence-corrected chi connectivity index (χ2v) is 3.31. The van der Waals surface area contributed by atoms with Crippen LogP contribution in [0.5, 0.6) is 0 Å². The van der Waals surface area contributed by atoms with Crippen molar-refractivity contribution in [2.45, 2.75) is 20.4 Å². The van der Waals surface area contributed by atoms with E-state index in [0.29, 0.717) is 6.54 Å². The fourth-order valence-electron chi connectivity index (χ4n) is 1.60. The maximum atomic E-state index is 5.57. The first kappa shape index (κ1) is 8.26. The molecule has 0 aromatic carbocycles. The highest BCUT2D eigenvalue weighted by Crippen LogP contribution is 2.13. The zero-order valence-electron chi connectivity index (χ0n) is 7.91. The second kappa shape index (κ2) is 2.85. The minimum Gasteiger partial charge on any atom is -0.326 e. The van der Waals surface area contributed by atoms with Gasteiger partial charge in [0.05, 0.1) is 16.9 Å². The maximum Gasteiger partial charge on any atom is 0.0667 e. The summed E-state index contributed by atoms with van der Waals surface area (Å²) >= 11 is 0. The van der Waals surface area contributed by atoms with Crippen LogP contribution < -0.4 is 5.73 Å². The van der Waals surface area contributed by atoms with Crippen LogP contribution in [-0.2, 0) is 6.54 Å². The van der Waals surface area contributed by atoms with Crippen molar-refractivity contribution in [3.8, 4) is 0 Å². The molecule has 0 unspecified atom stereocenters. The number of hydrogen-bond donors (Lipinski definition) is 1. The van der Waals surface area contributed by atoms with Gasteiger partial charge in [-0.1, -0.05) is 0 Å². The van der Waals surface area contributed by atoms with Crippen molar-refractivity contribution in [2.75, 3.05) is 0 Å². The van der Waals surface area contributed by atoms with Crippen molar-refractivity contribution in [2.24, 2.45) is 5.73 Å². The minimum atomic E-state index is 0.583. The summed E-state index contributed by atoms with van der Waals surface area (Å²) in [5.41, 5.74) is 9.95. The van der Waals surface area contributed by atoms with Crippen molar-refractivity contribution in [1.29, 1.82) is 0 Å². The Hall–Kier alpha value is -1.35. The highest BCUT2D eigenvalue weighted by atomic mass is 14.9. The van der Waals surface area contributed by atoms with Gasteiger partial charge in [-0.25, -0.2) is 0 Å². The van der Waals surface area contributed by atoms with E-state index in [1.165, 1.54) is 0 Å². The molecule has 68 valence electrons. The van der Waals surface area contributed by atoms with Crippen molar-refractivity contribution in [3.05, 3.63) is 35.4 Å².